The zero-order valence-electron chi connectivity index (χ0n) is 36.9. The molecule has 0 heterocycles. The van der Waals surface area contributed by atoms with E-state index in [4.69, 9.17) is 28.4 Å². The van der Waals surface area contributed by atoms with Crippen molar-refractivity contribution in [2.45, 2.75) is 45.3 Å². The summed E-state index contributed by atoms with van der Waals surface area (Å²) in [5.41, 5.74) is 4.89. The number of carbonyl (C=O) groups is 4. The van der Waals surface area contributed by atoms with Gasteiger partial charge in [-0.2, -0.15) is 0 Å². The van der Waals surface area contributed by atoms with Crippen LogP contribution in [0.5, 0.6) is 11.5 Å². The van der Waals surface area contributed by atoms with Crippen LogP contribution >= 0.6 is 0 Å². The van der Waals surface area contributed by atoms with Crippen LogP contribution in [-0.4, -0.2) is 62.5 Å². The second-order valence-corrected chi connectivity index (χ2v) is 16.2. The lowest BCUT2D eigenvalue weighted by Gasteiger charge is -2.38. The summed E-state index contributed by atoms with van der Waals surface area (Å²) < 4.78 is 36.3. The van der Waals surface area contributed by atoms with Gasteiger partial charge in [-0.05, 0) is 83.6 Å². The fraction of sp³-hybridized carbons (Fsp3) is 0.200. The van der Waals surface area contributed by atoms with Gasteiger partial charge in [0.25, 0.3) is 0 Å². The van der Waals surface area contributed by atoms with Gasteiger partial charge in [0.1, 0.15) is 37.9 Å². The number of esters is 4. The van der Waals surface area contributed by atoms with E-state index in [1.807, 2.05) is 97.1 Å². The Bertz CT molecular complexity index is 2710. The maximum atomic E-state index is 13.0. The van der Waals surface area contributed by atoms with E-state index in [1.165, 1.54) is 27.7 Å². The first-order valence-electron chi connectivity index (χ1n) is 21.1. The lowest BCUT2D eigenvalue weighted by Crippen LogP contribution is -2.34. The summed E-state index contributed by atoms with van der Waals surface area (Å²) in [5.74, 6) is -1.70. The standard InChI is InChI=1S/C55H50O10/c1-33(2)51(56)62-31-39(64-53(58)35(5)6)29-60-47-27-25-37-17-9-11-19-41(37)49(47)55(45-23-15-13-21-43(45)44-22-14-16-24-46(44)55)50-42-20-12-10-18-38(42)26-28-48(50)61-30-40(65-54(59)36(7)8)32-63-52(57)34(3)4/h9-28,39-40H,1,3,5,7,29-32H2,2,4,6,8H3. The van der Waals surface area contributed by atoms with E-state index >= 15 is 0 Å². The van der Waals surface area contributed by atoms with E-state index in [0.717, 1.165) is 54.9 Å². The predicted molar refractivity (Wildman–Crippen MR) is 251 cm³/mol. The smallest absolute Gasteiger partial charge is 0.333 e. The lowest BCUT2D eigenvalue weighted by molar-refractivity contribution is -0.155. The zero-order chi connectivity index (χ0) is 46.4. The molecule has 330 valence electrons. The van der Waals surface area contributed by atoms with E-state index in [-0.39, 0.29) is 48.7 Å². The van der Waals surface area contributed by atoms with Gasteiger partial charge >= 0.3 is 23.9 Å². The number of fused-ring (bicyclic) bond motifs is 5. The topological polar surface area (TPSA) is 124 Å². The highest BCUT2D eigenvalue weighted by molar-refractivity contribution is 6.01. The summed E-state index contributed by atoms with van der Waals surface area (Å²) in [4.78, 5) is 51.1. The van der Waals surface area contributed by atoms with Crippen molar-refractivity contribution in [1.82, 2.24) is 0 Å². The maximum Gasteiger partial charge on any atom is 0.333 e. The molecule has 0 aliphatic heterocycles. The zero-order valence-corrected chi connectivity index (χ0v) is 36.9. The molecular weight excluding hydrogens is 821 g/mol. The van der Waals surface area contributed by atoms with E-state index in [2.05, 4.69) is 50.6 Å². The Kier molecular flexibility index (Phi) is 13.5. The van der Waals surface area contributed by atoms with Gasteiger partial charge in [-0.25, -0.2) is 19.2 Å². The largest absolute Gasteiger partial charge is 0.489 e. The minimum absolute atomic E-state index is 0.167. The van der Waals surface area contributed by atoms with Gasteiger partial charge in [0, 0.05) is 33.4 Å². The maximum absolute atomic E-state index is 13.0. The fourth-order valence-electron chi connectivity index (χ4n) is 8.10. The molecule has 0 fully saturated rings. The third kappa shape index (κ3) is 9.20. The molecule has 7 rings (SSSR count). The van der Waals surface area contributed by atoms with Crippen LogP contribution in [0.4, 0.5) is 0 Å². The number of hydrogen-bond acceptors (Lipinski definition) is 10. The van der Waals surface area contributed by atoms with Crippen molar-refractivity contribution in [3.05, 3.63) is 192 Å². The monoisotopic (exact) mass is 870 g/mol. The van der Waals surface area contributed by atoms with Crippen molar-refractivity contribution in [2.75, 3.05) is 26.4 Å². The van der Waals surface area contributed by atoms with Crippen LogP contribution in [0.15, 0.2) is 170 Å². The molecule has 0 aromatic heterocycles. The summed E-state index contributed by atoms with van der Waals surface area (Å²) in [6.07, 6.45) is -2.06. The van der Waals surface area contributed by atoms with Crippen molar-refractivity contribution in [1.29, 1.82) is 0 Å². The summed E-state index contributed by atoms with van der Waals surface area (Å²) in [6, 6.07) is 40.2. The van der Waals surface area contributed by atoms with E-state index in [1.54, 1.807) is 0 Å². The summed E-state index contributed by atoms with van der Waals surface area (Å²) >= 11 is 0. The third-order valence-electron chi connectivity index (χ3n) is 11.1. The van der Waals surface area contributed by atoms with Crippen LogP contribution in [0.2, 0.25) is 0 Å². The highest BCUT2D eigenvalue weighted by Gasteiger charge is 2.51. The molecule has 6 aromatic rings. The van der Waals surface area contributed by atoms with Crippen LogP contribution in [0.25, 0.3) is 32.7 Å². The van der Waals surface area contributed by atoms with Gasteiger partial charge in [-0.3, -0.25) is 0 Å². The minimum Gasteiger partial charge on any atom is -0.489 e. The van der Waals surface area contributed by atoms with Crippen LogP contribution in [-0.2, 0) is 43.5 Å². The molecule has 6 aromatic carbocycles. The molecular formula is C55H50O10. The van der Waals surface area contributed by atoms with Gasteiger partial charge < -0.3 is 28.4 Å². The average Bonchev–Trinajstić information content (AvgIpc) is 3.59. The van der Waals surface area contributed by atoms with Gasteiger partial charge in [0.2, 0.25) is 0 Å². The van der Waals surface area contributed by atoms with Gasteiger partial charge in [0.05, 0.1) is 5.41 Å². The number of hydrogen-bond donors (Lipinski definition) is 0. The Morgan fingerprint density at radius 3 is 1.18 bits per heavy atom. The first-order valence-corrected chi connectivity index (χ1v) is 21.1. The molecule has 0 spiro atoms. The molecule has 1 aliphatic carbocycles. The van der Waals surface area contributed by atoms with E-state index in [0.29, 0.717) is 11.5 Å². The Hall–Kier alpha value is -7.72. The number of ether oxygens (including phenoxy) is 6. The fourth-order valence-corrected chi connectivity index (χ4v) is 8.10. The third-order valence-corrected chi connectivity index (χ3v) is 11.1. The quantitative estimate of drug-likeness (QED) is 0.0468. The molecule has 0 saturated carbocycles. The van der Waals surface area contributed by atoms with Crippen molar-refractivity contribution in [3.63, 3.8) is 0 Å². The van der Waals surface area contributed by atoms with Crippen LogP contribution < -0.4 is 9.47 Å². The molecule has 0 amide bonds. The highest BCUT2D eigenvalue weighted by atomic mass is 16.6. The molecule has 0 N–H and O–H groups in total. The molecule has 10 nitrogen and oxygen atoms in total. The second-order valence-electron chi connectivity index (χ2n) is 16.2. The Balaban J connectivity index is 1.49. The molecule has 2 atom stereocenters. The first-order chi connectivity index (χ1) is 31.2. The SMILES string of the molecule is C=C(C)C(=O)OCC(COc1ccc2ccccc2c1C1(c2c(OCC(COC(=O)C(=C)C)OC(=O)C(=C)C)ccc3ccccc23)c2ccccc2-c2ccccc21)OC(=O)C(=C)C. The number of carbonyl (C=O) groups excluding carboxylic acids is 4. The molecule has 10 heteroatoms. The highest BCUT2D eigenvalue weighted by Crippen LogP contribution is 2.62. The minimum atomic E-state index is -1.19. The molecule has 65 heavy (non-hydrogen) atoms. The van der Waals surface area contributed by atoms with Gasteiger partial charge in [0.15, 0.2) is 12.2 Å². The lowest BCUT2D eigenvalue weighted by atomic mass is 9.64. The first kappa shape index (κ1) is 45.3. The van der Waals surface area contributed by atoms with Crippen molar-refractivity contribution in [2.24, 2.45) is 0 Å². The average molecular weight is 871 g/mol. The second kappa shape index (κ2) is 19.3. The van der Waals surface area contributed by atoms with Crippen LogP contribution in [0, 0.1) is 0 Å². The Morgan fingerprint density at radius 1 is 0.446 bits per heavy atom. The van der Waals surface area contributed by atoms with Gasteiger partial charge in [-0.15, -0.1) is 0 Å². The van der Waals surface area contributed by atoms with E-state index < -0.39 is 41.5 Å². The van der Waals surface area contributed by atoms with Crippen LogP contribution in [0.1, 0.15) is 49.9 Å². The number of benzene rings is 6. The Morgan fingerprint density at radius 2 is 0.800 bits per heavy atom. The van der Waals surface area contributed by atoms with Crippen molar-refractivity contribution < 1.29 is 47.6 Å². The molecule has 1 aliphatic rings. The normalized spacial score (nSPS) is 13.0. The van der Waals surface area contributed by atoms with Crippen molar-refractivity contribution >= 4 is 45.4 Å². The molecule has 0 radical (unpaired) electrons. The number of rotatable bonds is 18. The van der Waals surface area contributed by atoms with Gasteiger partial charge in [-0.1, -0.05) is 136 Å². The van der Waals surface area contributed by atoms with E-state index in [9.17, 15) is 19.2 Å². The Labute approximate surface area is 378 Å². The molecule has 0 saturated heterocycles. The predicted octanol–water partition coefficient (Wildman–Crippen LogP) is 10.3. The molecule has 0 bridgehead atoms. The van der Waals surface area contributed by atoms with Crippen molar-refractivity contribution in [3.8, 4) is 22.6 Å². The summed E-state index contributed by atoms with van der Waals surface area (Å²) in [6.45, 7) is 20.0. The molecule has 2 unspecified atom stereocenters. The van der Waals surface area contributed by atoms with Crippen LogP contribution in [0.3, 0.4) is 0 Å². The summed E-state index contributed by atoms with van der Waals surface area (Å²) in [5, 5.41) is 3.56. The summed E-state index contributed by atoms with van der Waals surface area (Å²) in [7, 11) is 0.